The second-order valence-electron chi connectivity index (χ2n) is 6.17. The lowest BCUT2D eigenvalue weighted by Crippen LogP contribution is -2.42. The summed E-state index contributed by atoms with van der Waals surface area (Å²) in [5, 5.41) is 21.0. The molecule has 0 radical (unpaired) electrons. The molecule has 0 aliphatic heterocycles. The molecule has 0 aliphatic carbocycles. The van der Waals surface area contributed by atoms with Crippen LogP contribution in [0.25, 0.3) is 0 Å². The molecule has 25 heavy (non-hydrogen) atoms. The highest BCUT2D eigenvalue weighted by molar-refractivity contribution is 5.95. The molecule has 2 rings (SSSR count). The number of amides is 1. The first-order valence-electron chi connectivity index (χ1n) is 7.55. The van der Waals surface area contributed by atoms with Crippen LogP contribution in [0.2, 0.25) is 0 Å². The van der Waals surface area contributed by atoms with E-state index in [1.165, 1.54) is 62.4 Å². The maximum Gasteiger partial charge on any atom is 0.311 e. The van der Waals surface area contributed by atoms with Crippen LogP contribution in [0.15, 0.2) is 48.5 Å². The summed E-state index contributed by atoms with van der Waals surface area (Å²) in [5.41, 5.74) is -0.124. The van der Waals surface area contributed by atoms with Crippen molar-refractivity contribution in [2.75, 3.05) is 0 Å². The van der Waals surface area contributed by atoms with Crippen LogP contribution in [0.4, 0.5) is 4.39 Å². The van der Waals surface area contributed by atoms with Crippen LogP contribution >= 0.6 is 0 Å². The number of carbonyl (C=O) groups excluding carboxylic acids is 1. The lowest BCUT2D eigenvalue weighted by atomic mass is 9.80. The fourth-order valence-electron chi connectivity index (χ4n) is 2.37. The molecule has 2 aromatic rings. The molecule has 5 nitrogen and oxygen atoms in total. The number of hydrogen-bond donors (Lipinski definition) is 2. The molecule has 1 amide bonds. The summed E-state index contributed by atoms with van der Waals surface area (Å²) in [6.07, 6.45) is 0. The summed E-state index contributed by atoms with van der Waals surface area (Å²) >= 11 is 0. The van der Waals surface area contributed by atoms with E-state index in [1.807, 2.05) is 6.07 Å². The molecular weight excluding hydrogens is 323 g/mol. The van der Waals surface area contributed by atoms with Crippen molar-refractivity contribution < 1.29 is 19.1 Å². The Morgan fingerprint density at radius 1 is 1.12 bits per heavy atom. The van der Waals surface area contributed by atoms with Gasteiger partial charge in [0.25, 0.3) is 5.91 Å². The quantitative estimate of drug-likeness (QED) is 0.874. The zero-order valence-corrected chi connectivity index (χ0v) is 13.8. The molecule has 0 aliphatic rings. The Hall–Kier alpha value is -3.20. The smallest absolute Gasteiger partial charge is 0.311 e. The largest absolute Gasteiger partial charge is 0.481 e. The Kier molecular flexibility index (Phi) is 5.18. The van der Waals surface area contributed by atoms with Crippen LogP contribution in [0.1, 0.15) is 41.4 Å². The van der Waals surface area contributed by atoms with E-state index in [-0.39, 0.29) is 0 Å². The fourth-order valence-corrected chi connectivity index (χ4v) is 2.37. The standard InChI is InChI=1S/C19H17FN2O3/c1-19(2,18(24)25)16(13-7-9-15(20)10-8-13)22-17(23)14-5-3-12(11-21)4-6-14/h3-10,16H,1-2H3,(H,22,23)(H,24,25). The molecule has 0 fully saturated rings. The van der Waals surface area contributed by atoms with Gasteiger partial charge in [0.2, 0.25) is 0 Å². The number of benzene rings is 2. The molecule has 6 heteroatoms. The Morgan fingerprint density at radius 2 is 1.68 bits per heavy atom. The first kappa shape index (κ1) is 18.1. The minimum atomic E-state index is -1.32. The Balaban J connectivity index is 2.35. The van der Waals surface area contributed by atoms with Gasteiger partial charge in [0, 0.05) is 5.56 Å². The van der Waals surface area contributed by atoms with Crippen molar-refractivity contribution in [1.82, 2.24) is 5.32 Å². The second kappa shape index (κ2) is 7.14. The fraction of sp³-hybridized carbons (Fsp3) is 0.211. The van der Waals surface area contributed by atoms with E-state index in [0.717, 1.165) is 0 Å². The van der Waals surface area contributed by atoms with Crippen molar-refractivity contribution >= 4 is 11.9 Å². The van der Waals surface area contributed by atoms with Crippen LogP contribution < -0.4 is 5.32 Å². The Morgan fingerprint density at radius 3 is 2.16 bits per heavy atom. The number of hydrogen-bond acceptors (Lipinski definition) is 3. The van der Waals surface area contributed by atoms with Crippen LogP contribution in [0, 0.1) is 22.6 Å². The summed E-state index contributed by atoms with van der Waals surface area (Å²) in [6.45, 7) is 2.98. The number of aliphatic carboxylic acids is 1. The number of nitrogens with zero attached hydrogens (tertiary/aromatic N) is 1. The highest BCUT2D eigenvalue weighted by Gasteiger charge is 2.39. The van der Waals surface area contributed by atoms with Gasteiger partial charge in [0.15, 0.2) is 0 Å². The van der Waals surface area contributed by atoms with Crippen molar-refractivity contribution in [3.63, 3.8) is 0 Å². The number of carboxylic acid groups (broad SMARTS) is 1. The minimum absolute atomic E-state index is 0.298. The molecule has 0 bridgehead atoms. The van der Waals surface area contributed by atoms with Gasteiger partial charge in [-0.05, 0) is 55.8 Å². The Labute approximate surface area is 144 Å². The van der Waals surface area contributed by atoms with Crippen LogP contribution in [-0.4, -0.2) is 17.0 Å². The van der Waals surface area contributed by atoms with E-state index in [9.17, 15) is 19.1 Å². The minimum Gasteiger partial charge on any atom is -0.481 e. The van der Waals surface area contributed by atoms with Gasteiger partial charge >= 0.3 is 5.97 Å². The summed E-state index contributed by atoms with van der Waals surface area (Å²) in [6, 6.07) is 12.4. The van der Waals surface area contributed by atoms with E-state index in [4.69, 9.17) is 5.26 Å². The molecule has 128 valence electrons. The van der Waals surface area contributed by atoms with Crippen molar-refractivity contribution in [3.8, 4) is 6.07 Å². The molecule has 0 spiro atoms. The highest BCUT2D eigenvalue weighted by atomic mass is 19.1. The monoisotopic (exact) mass is 340 g/mol. The number of carboxylic acids is 1. The predicted molar refractivity (Wildman–Crippen MR) is 89.2 cm³/mol. The van der Waals surface area contributed by atoms with E-state index in [2.05, 4.69) is 5.32 Å². The maximum absolute atomic E-state index is 13.2. The second-order valence-corrected chi connectivity index (χ2v) is 6.17. The van der Waals surface area contributed by atoms with Crippen LogP contribution in [0.3, 0.4) is 0 Å². The Bertz CT molecular complexity index is 821. The first-order chi connectivity index (χ1) is 11.8. The first-order valence-corrected chi connectivity index (χ1v) is 7.55. The van der Waals surface area contributed by atoms with Crippen LogP contribution in [0.5, 0.6) is 0 Å². The zero-order chi connectivity index (χ0) is 18.6. The number of nitrogens with one attached hydrogen (secondary N) is 1. The van der Waals surface area contributed by atoms with E-state index in [0.29, 0.717) is 16.7 Å². The van der Waals surface area contributed by atoms with E-state index < -0.39 is 29.2 Å². The molecule has 0 heterocycles. The average Bonchev–Trinajstić information content (AvgIpc) is 2.60. The molecule has 1 atom stereocenters. The van der Waals surface area contributed by atoms with E-state index in [1.54, 1.807) is 0 Å². The van der Waals surface area contributed by atoms with Gasteiger partial charge in [0.1, 0.15) is 5.82 Å². The third-order valence-corrected chi connectivity index (χ3v) is 4.03. The van der Waals surface area contributed by atoms with Crippen molar-refractivity contribution in [2.24, 2.45) is 5.41 Å². The summed E-state index contributed by atoms with van der Waals surface area (Å²) in [7, 11) is 0. The van der Waals surface area contributed by atoms with Gasteiger partial charge in [-0.2, -0.15) is 5.26 Å². The van der Waals surface area contributed by atoms with Crippen molar-refractivity contribution in [2.45, 2.75) is 19.9 Å². The van der Waals surface area contributed by atoms with Gasteiger partial charge < -0.3 is 10.4 Å². The summed E-state index contributed by atoms with van der Waals surface area (Å²) < 4.78 is 13.2. The third kappa shape index (κ3) is 4.01. The predicted octanol–water partition coefficient (Wildman–Crippen LogP) is 3.28. The summed E-state index contributed by atoms with van der Waals surface area (Å²) in [5.74, 6) is -2.02. The number of nitriles is 1. The molecule has 0 saturated heterocycles. The lowest BCUT2D eigenvalue weighted by Gasteiger charge is -2.31. The zero-order valence-electron chi connectivity index (χ0n) is 13.8. The average molecular weight is 340 g/mol. The number of carbonyl (C=O) groups is 2. The topological polar surface area (TPSA) is 90.2 Å². The SMILES string of the molecule is CC(C)(C(=O)O)C(NC(=O)c1ccc(C#N)cc1)c1ccc(F)cc1. The van der Waals surface area contributed by atoms with Gasteiger partial charge in [-0.25, -0.2) is 4.39 Å². The van der Waals surface area contributed by atoms with Gasteiger partial charge in [-0.1, -0.05) is 12.1 Å². The highest BCUT2D eigenvalue weighted by Crippen LogP contribution is 2.34. The van der Waals surface area contributed by atoms with E-state index >= 15 is 0 Å². The van der Waals surface area contributed by atoms with Crippen molar-refractivity contribution in [1.29, 1.82) is 5.26 Å². The van der Waals surface area contributed by atoms with Gasteiger partial charge in [0.05, 0.1) is 23.1 Å². The molecular formula is C19H17FN2O3. The lowest BCUT2D eigenvalue weighted by molar-refractivity contribution is -0.148. The van der Waals surface area contributed by atoms with Crippen LogP contribution in [-0.2, 0) is 4.79 Å². The molecule has 0 aromatic heterocycles. The number of rotatable bonds is 5. The normalized spacial score (nSPS) is 12.1. The maximum atomic E-state index is 13.2. The molecule has 2 N–H and O–H groups in total. The van der Waals surface area contributed by atoms with Gasteiger partial charge in [-0.15, -0.1) is 0 Å². The molecule has 0 saturated carbocycles. The summed E-state index contributed by atoms with van der Waals surface area (Å²) in [4.78, 5) is 24.1. The third-order valence-electron chi connectivity index (χ3n) is 4.03. The number of halogens is 1. The van der Waals surface area contributed by atoms with Gasteiger partial charge in [-0.3, -0.25) is 9.59 Å². The van der Waals surface area contributed by atoms with Crippen molar-refractivity contribution in [3.05, 3.63) is 71.0 Å². The molecule has 1 unspecified atom stereocenters. The molecule has 2 aromatic carbocycles.